The van der Waals surface area contributed by atoms with Gasteiger partial charge in [-0.3, -0.25) is 19.2 Å². The van der Waals surface area contributed by atoms with E-state index in [1.54, 1.807) is 0 Å². The molecule has 0 aromatic carbocycles. The molecule has 0 aliphatic heterocycles. The van der Waals surface area contributed by atoms with E-state index in [0.717, 1.165) is 0 Å². The molecule has 13 nitrogen and oxygen atoms in total. The molecule has 0 aliphatic rings. The number of nitrogens with one attached hydrogen (secondary N) is 4. The van der Waals surface area contributed by atoms with Crippen LogP contribution >= 0.6 is 11.8 Å². The second-order valence-electron chi connectivity index (χ2n) is 6.85. The SMILES string of the molecule is CSCCC(NC(=O)CN)C(=O)NC(CCC(N)=O)C(=O)NC(Cc1cnc[nH]1)C(=O)O. The molecule has 1 aromatic heterocycles. The molecule has 0 radical (unpaired) electrons. The zero-order chi connectivity index (χ0) is 24.1. The highest BCUT2D eigenvalue weighted by molar-refractivity contribution is 7.98. The molecule has 0 saturated heterocycles. The lowest BCUT2D eigenvalue weighted by Crippen LogP contribution is -2.56. The predicted molar refractivity (Wildman–Crippen MR) is 116 cm³/mol. The van der Waals surface area contributed by atoms with Gasteiger partial charge < -0.3 is 37.5 Å². The largest absolute Gasteiger partial charge is 0.480 e. The average Bonchev–Trinajstić information content (AvgIpc) is 3.25. The number of aromatic amines is 1. The first-order valence-electron chi connectivity index (χ1n) is 9.75. The van der Waals surface area contributed by atoms with E-state index in [2.05, 4.69) is 25.9 Å². The van der Waals surface area contributed by atoms with Crippen LogP contribution in [0.4, 0.5) is 0 Å². The van der Waals surface area contributed by atoms with Crippen LogP contribution in [-0.4, -0.2) is 81.4 Å². The molecule has 32 heavy (non-hydrogen) atoms. The Morgan fingerprint density at radius 3 is 2.22 bits per heavy atom. The Morgan fingerprint density at radius 1 is 1.09 bits per heavy atom. The van der Waals surface area contributed by atoms with Gasteiger partial charge in [0, 0.05) is 24.7 Å². The molecule has 0 aliphatic carbocycles. The number of imidazole rings is 1. The number of carboxylic acid groups (broad SMARTS) is 1. The van der Waals surface area contributed by atoms with Crippen LogP contribution in [0.25, 0.3) is 0 Å². The maximum Gasteiger partial charge on any atom is 0.326 e. The van der Waals surface area contributed by atoms with Crippen molar-refractivity contribution in [3.63, 3.8) is 0 Å². The fourth-order valence-corrected chi connectivity index (χ4v) is 3.15. The quantitative estimate of drug-likeness (QED) is 0.143. The van der Waals surface area contributed by atoms with Crippen molar-refractivity contribution < 1.29 is 29.1 Å². The third kappa shape index (κ3) is 9.78. The van der Waals surface area contributed by atoms with Crippen LogP contribution in [0.2, 0.25) is 0 Å². The first kappa shape index (κ1) is 26.9. The summed E-state index contributed by atoms with van der Waals surface area (Å²) in [6.45, 7) is -0.317. The molecule has 3 unspecified atom stereocenters. The highest BCUT2D eigenvalue weighted by atomic mass is 32.2. The van der Waals surface area contributed by atoms with Crippen LogP contribution in [-0.2, 0) is 30.4 Å². The normalized spacial score (nSPS) is 13.4. The fourth-order valence-electron chi connectivity index (χ4n) is 2.67. The van der Waals surface area contributed by atoms with E-state index in [-0.39, 0.29) is 32.2 Å². The lowest BCUT2D eigenvalue weighted by molar-refractivity contribution is -0.142. The van der Waals surface area contributed by atoms with Gasteiger partial charge in [0.25, 0.3) is 0 Å². The van der Waals surface area contributed by atoms with E-state index in [1.807, 2.05) is 6.26 Å². The zero-order valence-corrected chi connectivity index (χ0v) is 18.4. The van der Waals surface area contributed by atoms with Crippen LogP contribution in [0.5, 0.6) is 0 Å². The Balaban J connectivity index is 2.93. The minimum atomic E-state index is -1.31. The third-order valence-electron chi connectivity index (χ3n) is 4.35. The molecule has 0 saturated carbocycles. The summed E-state index contributed by atoms with van der Waals surface area (Å²) in [6.07, 6.45) is 4.46. The number of thioether (sulfide) groups is 1. The summed E-state index contributed by atoms with van der Waals surface area (Å²) in [4.78, 5) is 66.5. The van der Waals surface area contributed by atoms with Gasteiger partial charge >= 0.3 is 5.97 Å². The number of rotatable bonds is 15. The minimum absolute atomic E-state index is 0.0690. The first-order chi connectivity index (χ1) is 15.2. The maximum atomic E-state index is 12.8. The van der Waals surface area contributed by atoms with Gasteiger partial charge in [0.05, 0.1) is 12.9 Å². The lowest BCUT2D eigenvalue weighted by Gasteiger charge is -2.24. The number of hydrogen-bond donors (Lipinski definition) is 7. The van der Waals surface area contributed by atoms with Gasteiger partial charge in [0.2, 0.25) is 23.6 Å². The van der Waals surface area contributed by atoms with Crippen LogP contribution in [0, 0.1) is 0 Å². The monoisotopic (exact) mass is 471 g/mol. The van der Waals surface area contributed by atoms with E-state index >= 15 is 0 Å². The number of H-pyrrole nitrogens is 1. The summed E-state index contributed by atoms with van der Waals surface area (Å²) >= 11 is 1.46. The Bertz CT molecular complexity index is 789. The number of aromatic nitrogens is 2. The fraction of sp³-hybridized carbons (Fsp3) is 0.556. The van der Waals surface area contributed by atoms with Crippen LogP contribution < -0.4 is 27.4 Å². The minimum Gasteiger partial charge on any atom is -0.480 e. The van der Waals surface area contributed by atoms with Gasteiger partial charge in [-0.1, -0.05) is 0 Å². The standard InChI is InChI=1S/C18H29N7O6S/c1-32-5-4-12(23-15(27)7-19)17(29)24-11(2-3-14(20)26)16(28)25-13(18(30)31)6-10-8-21-9-22-10/h8-9,11-13H,2-7,19H2,1H3,(H2,20,26)(H,21,22)(H,23,27)(H,24,29)(H,25,28)(H,30,31). The van der Waals surface area contributed by atoms with Gasteiger partial charge in [-0.25, -0.2) is 9.78 Å². The Morgan fingerprint density at radius 2 is 1.72 bits per heavy atom. The van der Waals surface area contributed by atoms with Crippen molar-refractivity contribution in [2.45, 2.75) is 43.8 Å². The van der Waals surface area contributed by atoms with Gasteiger partial charge in [-0.2, -0.15) is 11.8 Å². The molecule has 4 amide bonds. The van der Waals surface area contributed by atoms with Gasteiger partial charge in [-0.15, -0.1) is 0 Å². The molecule has 14 heteroatoms. The molecular weight excluding hydrogens is 442 g/mol. The van der Waals surface area contributed by atoms with Crippen molar-refractivity contribution in [2.24, 2.45) is 11.5 Å². The van der Waals surface area contributed by atoms with Crippen molar-refractivity contribution in [1.82, 2.24) is 25.9 Å². The molecule has 178 valence electrons. The van der Waals surface area contributed by atoms with Gasteiger partial charge in [-0.05, 0) is 24.9 Å². The molecule has 0 bridgehead atoms. The maximum absolute atomic E-state index is 12.8. The predicted octanol–water partition coefficient (Wildman–Crippen LogP) is -2.53. The van der Waals surface area contributed by atoms with E-state index < -0.39 is 47.7 Å². The topological polar surface area (TPSA) is 222 Å². The number of nitrogens with two attached hydrogens (primary N) is 2. The van der Waals surface area contributed by atoms with Crippen molar-refractivity contribution in [3.05, 3.63) is 18.2 Å². The highest BCUT2D eigenvalue weighted by Gasteiger charge is 2.29. The molecular formula is C18H29N7O6S. The molecule has 1 rings (SSSR count). The number of carbonyl (C=O) groups excluding carboxylic acids is 4. The summed E-state index contributed by atoms with van der Waals surface area (Å²) < 4.78 is 0. The van der Waals surface area contributed by atoms with E-state index in [1.165, 1.54) is 24.3 Å². The van der Waals surface area contributed by atoms with Gasteiger partial charge in [0.15, 0.2) is 0 Å². The summed E-state index contributed by atoms with van der Waals surface area (Å²) in [5, 5.41) is 16.8. The van der Waals surface area contributed by atoms with E-state index in [9.17, 15) is 29.1 Å². The van der Waals surface area contributed by atoms with Crippen LogP contribution in [0.3, 0.4) is 0 Å². The summed E-state index contributed by atoms with van der Waals surface area (Å²) in [5.74, 6) is -3.45. The summed E-state index contributed by atoms with van der Waals surface area (Å²) in [7, 11) is 0. The molecule has 3 atom stereocenters. The van der Waals surface area contributed by atoms with Crippen molar-refractivity contribution in [3.8, 4) is 0 Å². The van der Waals surface area contributed by atoms with Crippen molar-refractivity contribution in [2.75, 3.05) is 18.6 Å². The number of primary amides is 1. The third-order valence-corrected chi connectivity index (χ3v) is 5.00. The first-order valence-corrected chi connectivity index (χ1v) is 11.1. The zero-order valence-electron chi connectivity index (χ0n) is 17.6. The number of hydrogen-bond acceptors (Lipinski definition) is 8. The number of nitrogens with zero attached hydrogens (tertiary/aromatic N) is 1. The Labute approximate surface area is 188 Å². The van der Waals surface area contributed by atoms with Gasteiger partial charge in [0.1, 0.15) is 18.1 Å². The number of amides is 4. The highest BCUT2D eigenvalue weighted by Crippen LogP contribution is 2.06. The molecule has 1 heterocycles. The number of carbonyl (C=O) groups is 5. The number of carboxylic acids is 1. The summed E-state index contributed by atoms with van der Waals surface area (Å²) in [6, 6.07) is -3.51. The molecule has 1 aromatic rings. The van der Waals surface area contributed by atoms with E-state index in [0.29, 0.717) is 11.4 Å². The second kappa shape index (κ2) is 14.0. The summed E-state index contributed by atoms with van der Waals surface area (Å²) in [5.41, 5.74) is 10.9. The van der Waals surface area contributed by atoms with Crippen LogP contribution in [0.1, 0.15) is 25.0 Å². The Kier molecular flexibility index (Phi) is 11.8. The molecule has 9 N–H and O–H groups in total. The molecule has 0 spiro atoms. The Hall–Kier alpha value is -3.13. The lowest BCUT2D eigenvalue weighted by atomic mass is 10.1. The van der Waals surface area contributed by atoms with E-state index in [4.69, 9.17) is 11.5 Å². The average molecular weight is 472 g/mol. The van der Waals surface area contributed by atoms with Crippen molar-refractivity contribution in [1.29, 1.82) is 0 Å². The van der Waals surface area contributed by atoms with Crippen molar-refractivity contribution >= 4 is 41.4 Å². The van der Waals surface area contributed by atoms with Crippen LogP contribution in [0.15, 0.2) is 12.5 Å². The molecule has 0 fully saturated rings. The number of aliphatic carboxylic acids is 1. The smallest absolute Gasteiger partial charge is 0.326 e. The second-order valence-corrected chi connectivity index (χ2v) is 7.84.